The lowest BCUT2D eigenvalue weighted by Crippen LogP contribution is -2.23. The van der Waals surface area contributed by atoms with Gasteiger partial charge in [-0.3, -0.25) is 4.79 Å². The highest BCUT2D eigenvalue weighted by atomic mass is 32.2. The number of nitrogens with two attached hydrogens (primary N) is 1. The van der Waals surface area contributed by atoms with E-state index in [4.69, 9.17) is 5.73 Å². The number of anilines is 1. The van der Waals surface area contributed by atoms with E-state index in [-0.39, 0.29) is 11.5 Å². The van der Waals surface area contributed by atoms with Gasteiger partial charge in [-0.05, 0) is 38.5 Å². The Bertz CT molecular complexity index is 726. The van der Waals surface area contributed by atoms with Crippen LogP contribution in [-0.2, 0) is 20.6 Å². The molecular formula is C17H27N3O3S2. The van der Waals surface area contributed by atoms with E-state index in [0.717, 1.165) is 28.6 Å². The van der Waals surface area contributed by atoms with Crippen molar-refractivity contribution in [2.75, 3.05) is 32.3 Å². The van der Waals surface area contributed by atoms with Crippen molar-refractivity contribution in [3.63, 3.8) is 0 Å². The summed E-state index contributed by atoms with van der Waals surface area (Å²) in [6.07, 6.45) is 0. The summed E-state index contributed by atoms with van der Waals surface area (Å²) in [6, 6.07) is 6.83. The van der Waals surface area contributed by atoms with Crippen molar-refractivity contribution in [1.29, 1.82) is 0 Å². The number of nitrogen functional groups attached to an aromatic ring is 1. The molecular weight excluding hydrogens is 358 g/mol. The molecule has 1 aliphatic rings. The summed E-state index contributed by atoms with van der Waals surface area (Å²) in [6.45, 7) is 6.74. The first-order valence-corrected chi connectivity index (χ1v) is 10.5. The second-order valence-corrected chi connectivity index (χ2v) is 9.02. The van der Waals surface area contributed by atoms with Gasteiger partial charge in [0.05, 0.1) is 16.5 Å². The number of ketones is 1. The predicted octanol–water partition coefficient (Wildman–Crippen LogP) is 2.49. The number of carbonyl (C=O) groups excluding carboxylic acids is 1. The number of benzene rings is 1. The van der Waals surface area contributed by atoms with Gasteiger partial charge in [-0.2, -0.15) is 0 Å². The van der Waals surface area contributed by atoms with E-state index in [2.05, 4.69) is 11.8 Å². The van der Waals surface area contributed by atoms with Crippen molar-refractivity contribution in [3.8, 4) is 0 Å². The molecule has 1 aromatic rings. The number of nitrogens with zero attached hydrogens (tertiary/aromatic N) is 2. The Morgan fingerprint density at radius 2 is 1.84 bits per heavy atom. The summed E-state index contributed by atoms with van der Waals surface area (Å²) in [5.74, 6) is 1.15. The number of carbonyl (C=O) groups is 1. The Balaban J connectivity index is 0.000000257. The highest BCUT2D eigenvalue weighted by molar-refractivity contribution is 8.04. The maximum atomic E-state index is 11.5. The number of hydrogen-bond acceptors (Lipinski definition) is 6. The fourth-order valence-corrected chi connectivity index (χ4v) is 4.20. The monoisotopic (exact) mass is 385 g/mol. The molecule has 8 heteroatoms. The maximum Gasteiger partial charge on any atom is 0.217 e. The SMILES string of the molecule is CCN1CSC(C(C)=O)=C1C.CN(C)S(=O)(=O)Cc1ccc(N)cc1. The maximum absolute atomic E-state index is 11.5. The molecule has 2 N–H and O–H groups in total. The van der Waals surface area contributed by atoms with Gasteiger partial charge < -0.3 is 10.6 Å². The molecule has 0 unspecified atom stereocenters. The summed E-state index contributed by atoms with van der Waals surface area (Å²) in [4.78, 5) is 14.2. The fourth-order valence-electron chi connectivity index (χ4n) is 2.13. The Kier molecular flexibility index (Phi) is 7.98. The van der Waals surface area contributed by atoms with Gasteiger partial charge in [-0.15, -0.1) is 0 Å². The first-order valence-electron chi connectivity index (χ1n) is 7.92. The van der Waals surface area contributed by atoms with E-state index in [0.29, 0.717) is 5.69 Å². The summed E-state index contributed by atoms with van der Waals surface area (Å²) in [5, 5.41) is 0. The zero-order valence-electron chi connectivity index (χ0n) is 15.4. The highest BCUT2D eigenvalue weighted by Gasteiger charge is 2.20. The Morgan fingerprint density at radius 1 is 1.28 bits per heavy atom. The molecule has 25 heavy (non-hydrogen) atoms. The second kappa shape index (κ2) is 9.26. The zero-order valence-corrected chi connectivity index (χ0v) is 17.1. The molecule has 0 atom stereocenters. The molecule has 1 heterocycles. The average molecular weight is 386 g/mol. The van der Waals surface area contributed by atoms with Gasteiger partial charge in [0.1, 0.15) is 0 Å². The van der Waals surface area contributed by atoms with E-state index in [1.807, 2.05) is 6.92 Å². The quantitative estimate of drug-likeness (QED) is 0.784. The molecule has 0 fully saturated rings. The van der Waals surface area contributed by atoms with Crippen LogP contribution in [0.5, 0.6) is 0 Å². The number of rotatable bonds is 5. The molecule has 1 aromatic carbocycles. The normalized spacial score (nSPS) is 14.6. The number of sulfonamides is 1. The number of thioether (sulfide) groups is 1. The molecule has 0 saturated carbocycles. The van der Waals surface area contributed by atoms with Crippen molar-refractivity contribution in [2.45, 2.75) is 26.5 Å². The largest absolute Gasteiger partial charge is 0.399 e. The van der Waals surface area contributed by atoms with E-state index >= 15 is 0 Å². The van der Waals surface area contributed by atoms with E-state index in [1.165, 1.54) is 18.4 Å². The van der Waals surface area contributed by atoms with Crippen LogP contribution >= 0.6 is 11.8 Å². The lowest BCUT2D eigenvalue weighted by molar-refractivity contribution is -0.113. The zero-order chi connectivity index (χ0) is 19.2. The number of hydrogen-bond donors (Lipinski definition) is 1. The van der Waals surface area contributed by atoms with Crippen molar-refractivity contribution in [2.24, 2.45) is 0 Å². The first kappa shape index (κ1) is 21.5. The Labute approximate surface area is 155 Å². The first-order chi connectivity index (χ1) is 11.6. The number of Topliss-reactive ketones (excluding diaryl/α,β-unsaturated/α-hetero) is 1. The van der Waals surface area contributed by atoms with Gasteiger partial charge in [0.2, 0.25) is 10.0 Å². The second-order valence-electron chi connectivity index (χ2n) is 5.88. The molecule has 0 aromatic heterocycles. The van der Waals surface area contributed by atoms with Crippen LogP contribution in [0.25, 0.3) is 0 Å². The average Bonchev–Trinajstić information content (AvgIpc) is 2.91. The topological polar surface area (TPSA) is 83.7 Å². The van der Waals surface area contributed by atoms with Gasteiger partial charge in [0, 0.05) is 32.0 Å². The minimum Gasteiger partial charge on any atom is -0.399 e. The molecule has 140 valence electrons. The van der Waals surface area contributed by atoms with Gasteiger partial charge >= 0.3 is 0 Å². The molecule has 0 amide bonds. The van der Waals surface area contributed by atoms with Crippen molar-refractivity contribution >= 4 is 33.3 Å². The van der Waals surface area contributed by atoms with Gasteiger partial charge in [0.25, 0.3) is 0 Å². The van der Waals surface area contributed by atoms with Crippen molar-refractivity contribution in [3.05, 3.63) is 40.4 Å². The van der Waals surface area contributed by atoms with Crippen molar-refractivity contribution < 1.29 is 13.2 Å². The van der Waals surface area contributed by atoms with Crippen LogP contribution < -0.4 is 5.73 Å². The van der Waals surface area contributed by atoms with Crippen LogP contribution in [0.15, 0.2) is 34.9 Å². The van der Waals surface area contributed by atoms with Crippen LogP contribution in [0, 0.1) is 0 Å². The third kappa shape index (κ3) is 6.37. The minimum absolute atomic E-state index is 0.0142. The molecule has 0 spiro atoms. The minimum atomic E-state index is -3.17. The third-order valence-corrected chi connectivity index (χ3v) is 6.88. The van der Waals surface area contributed by atoms with Gasteiger partial charge in [0.15, 0.2) is 5.78 Å². The molecule has 2 rings (SSSR count). The van der Waals surface area contributed by atoms with Gasteiger partial charge in [-0.1, -0.05) is 23.9 Å². The van der Waals surface area contributed by atoms with Crippen LogP contribution in [0.1, 0.15) is 26.3 Å². The van der Waals surface area contributed by atoms with E-state index in [9.17, 15) is 13.2 Å². The predicted molar refractivity (Wildman–Crippen MR) is 105 cm³/mol. The Morgan fingerprint density at radius 3 is 2.20 bits per heavy atom. The summed E-state index contributed by atoms with van der Waals surface area (Å²) in [7, 11) is -0.131. The lowest BCUT2D eigenvalue weighted by Gasteiger charge is -2.15. The smallest absolute Gasteiger partial charge is 0.217 e. The van der Waals surface area contributed by atoms with Crippen LogP contribution in [0.2, 0.25) is 0 Å². The van der Waals surface area contributed by atoms with Crippen molar-refractivity contribution in [1.82, 2.24) is 9.21 Å². The van der Waals surface area contributed by atoms with Crippen LogP contribution in [0.3, 0.4) is 0 Å². The summed E-state index contributed by atoms with van der Waals surface area (Å²) < 4.78 is 24.2. The van der Waals surface area contributed by atoms with Crippen LogP contribution in [-0.4, -0.2) is 49.9 Å². The Hall–Kier alpha value is -1.51. The summed E-state index contributed by atoms with van der Waals surface area (Å²) in [5.41, 5.74) is 8.01. The summed E-state index contributed by atoms with van der Waals surface area (Å²) >= 11 is 1.65. The van der Waals surface area contributed by atoms with E-state index in [1.54, 1.807) is 43.0 Å². The number of allylic oxidation sites excluding steroid dienone is 2. The third-order valence-electron chi connectivity index (χ3n) is 3.75. The molecule has 0 radical (unpaired) electrons. The molecule has 6 nitrogen and oxygen atoms in total. The molecule has 0 aliphatic carbocycles. The molecule has 0 bridgehead atoms. The lowest BCUT2D eigenvalue weighted by atomic mass is 10.2. The highest BCUT2D eigenvalue weighted by Crippen LogP contribution is 2.31. The van der Waals surface area contributed by atoms with Gasteiger partial charge in [-0.25, -0.2) is 12.7 Å². The van der Waals surface area contributed by atoms with Crippen LogP contribution in [0.4, 0.5) is 5.69 Å². The molecule has 0 saturated heterocycles. The standard InChI is InChI=1S/C9H14N2O2S.C8H13NOS/c1-11(2)14(12,13)7-8-3-5-9(10)6-4-8;1-4-9-5-11-8(6(9)2)7(3)10/h3-6H,7,10H2,1-2H3;4-5H2,1-3H3. The molecule has 1 aliphatic heterocycles. The fraction of sp³-hybridized carbons (Fsp3) is 0.471. The van der Waals surface area contributed by atoms with E-state index < -0.39 is 10.0 Å².